The van der Waals surface area contributed by atoms with Gasteiger partial charge in [-0.1, -0.05) is 0 Å². The molecule has 1 saturated heterocycles. The fourth-order valence-electron chi connectivity index (χ4n) is 2.50. The van der Waals surface area contributed by atoms with Crippen LogP contribution < -0.4 is 16.6 Å². The van der Waals surface area contributed by atoms with E-state index < -0.39 is 0 Å². The Labute approximate surface area is 113 Å². The van der Waals surface area contributed by atoms with Crippen LogP contribution >= 0.6 is 0 Å². The molecule has 1 aliphatic heterocycles. The van der Waals surface area contributed by atoms with E-state index in [2.05, 4.69) is 25.6 Å². The lowest BCUT2D eigenvalue weighted by Crippen LogP contribution is -2.26. The molecule has 2 heterocycles. The third-order valence-electron chi connectivity index (χ3n) is 3.77. The number of aromatic nitrogens is 2. The first-order valence-electron chi connectivity index (χ1n) is 7.17. The Balaban J connectivity index is 1.57. The molecule has 2 aliphatic rings. The van der Waals surface area contributed by atoms with Crippen LogP contribution in [0.2, 0.25) is 0 Å². The van der Waals surface area contributed by atoms with Crippen molar-refractivity contribution >= 4 is 11.6 Å². The van der Waals surface area contributed by atoms with Crippen molar-refractivity contribution in [3.8, 4) is 0 Å². The van der Waals surface area contributed by atoms with Gasteiger partial charge >= 0.3 is 0 Å². The van der Waals surface area contributed by atoms with E-state index in [9.17, 15) is 0 Å². The summed E-state index contributed by atoms with van der Waals surface area (Å²) in [6, 6.07) is 1.87. The molecular weight excluding hydrogens is 240 g/mol. The summed E-state index contributed by atoms with van der Waals surface area (Å²) in [5, 5.41) is 3.38. The van der Waals surface area contributed by atoms with Crippen molar-refractivity contribution in [2.24, 2.45) is 5.84 Å². The quantitative estimate of drug-likeness (QED) is 0.527. The predicted octanol–water partition coefficient (Wildman–Crippen LogP) is 1.15. The van der Waals surface area contributed by atoms with Gasteiger partial charge in [0, 0.05) is 25.1 Å². The first-order valence-corrected chi connectivity index (χ1v) is 7.17. The molecule has 1 aromatic rings. The Morgan fingerprint density at radius 2 is 1.95 bits per heavy atom. The van der Waals surface area contributed by atoms with Gasteiger partial charge in [0.05, 0.1) is 0 Å². The molecule has 0 radical (unpaired) electrons. The van der Waals surface area contributed by atoms with E-state index in [1.807, 2.05) is 6.07 Å². The number of rotatable bonds is 6. The van der Waals surface area contributed by atoms with Crippen molar-refractivity contribution in [3.63, 3.8) is 0 Å². The fourth-order valence-corrected chi connectivity index (χ4v) is 2.50. The molecule has 0 atom stereocenters. The molecule has 0 spiro atoms. The number of hydrogen-bond donors (Lipinski definition) is 3. The number of anilines is 2. The highest BCUT2D eigenvalue weighted by Gasteiger charge is 2.27. The second kappa shape index (κ2) is 5.71. The van der Waals surface area contributed by atoms with E-state index in [0.29, 0.717) is 11.7 Å². The monoisotopic (exact) mass is 262 g/mol. The highest BCUT2D eigenvalue weighted by molar-refractivity contribution is 5.47. The van der Waals surface area contributed by atoms with Gasteiger partial charge in [-0.25, -0.2) is 15.8 Å². The molecule has 1 saturated carbocycles. The van der Waals surface area contributed by atoms with Crippen molar-refractivity contribution in [3.05, 3.63) is 11.9 Å². The third-order valence-corrected chi connectivity index (χ3v) is 3.77. The van der Waals surface area contributed by atoms with E-state index in [1.54, 1.807) is 0 Å². The number of nitrogens with two attached hydrogens (primary N) is 1. The topological polar surface area (TPSA) is 79.1 Å². The maximum atomic E-state index is 5.46. The van der Waals surface area contributed by atoms with Gasteiger partial charge in [-0.05, 0) is 38.8 Å². The Kier molecular flexibility index (Phi) is 3.79. The van der Waals surface area contributed by atoms with Gasteiger partial charge in [-0.2, -0.15) is 0 Å². The summed E-state index contributed by atoms with van der Waals surface area (Å²) in [5.74, 6) is 8.48. The minimum Gasteiger partial charge on any atom is -0.369 e. The molecule has 1 aliphatic carbocycles. The van der Waals surface area contributed by atoms with Gasteiger partial charge in [0.2, 0.25) is 0 Å². The van der Waals surface area contributed by atoms with Gasteiger partial charge in [-0.3, -0.25) is 0 Å². The van der Waals surface area contributed by atoms with Crippen LogP contribution in [-0.4, -0.2) is 41.0 Å². The van der Waals surface area contributed by atoms with Gasteiger partial charge in [0.15, 0.2) is 0 Å². The molecule has 3 rings (SSSR count). The van der Waals surface area contributed by atoms with Crippen LogP contribution in [0, 0.1) is 0 Å². The van der Waals surface area contributed by atoms with Crippen LogP contribution in [0.3, 0.4) is 0 Å². The standard InChI is InChI=1S/C13H22N6/c14-18-12-9-11(16-13(17-12)10-3-4-10)15-5-8-19-6-1-2-7-19/h9-10H,1-8,14H2,(H2,15,16,17,18). The van der Waals surface area contributed by atoms with Gasteiger partial charge in [-0.15, -0.1) is 0 Å². The number of nitrogens with one attached hydrogen (secondary N) is 2. The molecule has 2 fully saturated rings. The van der Waals surface area contributed by atoms with E-state index in [0.717, 1.165) is 24.7 Å². The average molecular weight is 262 g/mol. The van der Waals surface area contributed by atoms with Gasteiger partial charge in [0.25, 0.3) is 0 Å². The van der Waals surface area contributed by atoms with Crippen LogP contribution in [0.4, 0.5) is 11.6 Å². The fraction of sp³-hybridized carbons (Fsp3) is 0.692. The minimum atomic E-state index is 0.535. The van der Waals surface area contributed by atoms with Crippen LogP contribution in [0.15, 0.2) is 6.07 Å². The number of likely N-dealkylation sites (tertiary alicyclic amines) is 1. The van der Waals surface area contributed by atoms with E-state index in [4.69, 9.17) is 5.84 Å². The van der Waals surface area contributed by atoms with E-state index in [-0.39, 0.29) is 0 Å². The summed E-state index contributed by atoms with van der Waals surface area (Å²) in [4.78, 5) is 11.5. The van der Waals surface area contributed by atoms with Crippen LogP contribution in [-0.2, 0) is 0 Å². The third kappa shape index (κ3) is 3.33. The lowest BCUT2D eigenvalue weighted by atomic mass is 10.3. The Morgan fingerprint density at radius 1 is 1.21 bits per heavy atom. The summed E-state index contributed by atoms with van der Waals surface area (Å²) in [6.07, 6.45) is 5.06. The Morgan fingerprint density at radius 3 is 2.63 bits per heavy atom. The molecule has 6 heteroatoms. The highest BCUT2D eigenvalue weighted by Crippen LogP contribution is 2.38. The molecule has 4 N–H and O–H groups in total. The molecule has 0 amide bonds. The Hall–Kier alpha value is -1.40. The molecule has 0 bridgehead atoms. The molecule has 1 aromatic heterocycles. The van der Waals surface area contributed by atoms with Crippen molar-refractivity contribution in [1.29, 1.82) is 0 Å². The van der Waals surface area contributed by atoms with Crippen molar-refractivity contribution in [2.75, 3.05) is 36.9 Å². The summed E-state index contributed by atoms with van der Waals surface area (Å²) in [5.41, 5.74) is 2.62. The number of hydrazine groups is 1. The minimum absolute atomic E-state index is 0.535. The summed E-state index contributed by atoms with van der Waals surface area (Å²) in [6.45, 7) is 4.46. The van der Waals surface area contributed by atoms with Crippen LogP contribution in [0.5, 0.6) is 0 Å². The number of nitrogen functional groups attached to an aromatic ring is 1. The molecule has 0 aromatic carbocycles. The van der Waals surface area contributed by atoms with Crippen molar-refractivity contribution < 1.29 is 0 Å². The van der Waals surface area contributed by atoms with Gasteiger partial charge in [0.1, 0.15) is 17.5 Å². The zero-order valence-electron chi connectivity index (χ0n) is 11.2. The highest BCUT2D eigenvalue weighted by atomic mass is 15.3. The zero-order valence-corrected chi connectivity index (χ0v) is 11.2. The molecule has 6 nitrogen and oxygen atoms in total. The van der Waals surface area contributed by atoms with E-state index in [1.165, 1.54) is 38.8 Å². The molecule has 0 unspecified atom stereocenters. The average Bonchev–Trinajstić information content (AvgIpc) is 3.17. The van der Waals surface area contributed by atoms with Crippen LogP contribution in [0.25, 0.3) is 0 Å². The first-order chi connectivity index (χ1) is 9.35. The largest absolute Gasteiger partial charge is 0.369 e. The number of hydrogen-bond acceptors (Lipinski definition) is 6. The Bertz CT molecular complexity index is 425. The number of nitrogens with zero attached hydrogens (tertiary/aromatic N) is 3. The SMILES string of the molecule is NNc1cc(NCCN2CCCC2)nc(C2CC2)n1. The molecular formula is C13H22N6. The van der Waals surface area contributed by atoms with Crippen molar-refractivity contribution in [2.45, 2.75) is 31.6 Å². The second-order valence-electron chi connectivity index (χ2n) is 5.39. The lowest BCUT2D eigenvalue weighted by Gasteiger charge is -2.15. The normalized spacial score (nSPS) is 19.6. The second-order valence-corrected chi connectivity index (χ2v) is 5.39. The molecule has 19 heavy (non-hydrogen) atoms. The first kappa shape index (κ1) is 12.6. The predicted molar refractivity (Wildman–Crippen MR) is 76.0 cm³/mol. The maximum Gasteiger partial charge on any atom is 0.145 e. The van der Waals surface area contributed by atoms with E-state index >= 15 is 0 Å². The zero-order chi connectivity index (χ0) is 13.1. The summed E-state index contributed by atoms with van der Waals surface area (Å²) >= 11 is 0. The molecule has 104 valence electrons. The summed E-state index contributed by atoms with van der Waals surface area (Å²) in [7, 11) is 0. The smallest absolute Gasteiger partial charge is 0.145 e. The maximum absolute atomic E-state index is 5.46. The summed E-state index contributed by atoms with van der Waals surface area (Å²) < 4.78 is 0. The van der Waals surface area contributed by atoms with Gasteiger partial charge < -0.3 is 15.6 Å². The lowest BCUT2D eigenvalue weighted by molar-refractivity contribution is 0.352. The van der Waals surface area contributed by atoms with Crippen molar-refractivity contribution in [1.82, 2.24) is 14.9 Å². The van der Waals surface area contributed by atoms with Crippen LogP contribution in [0.1, 0.15) is 37.4 Å².